The number of H-pyrrole nitrogens is 1. The molecule has 3 heterocycles. The number of carbonyl (C=O) groups excluding carboxylic acids is 1. The first kappa shape index (κ1) is 22.3. The summed E-state index contributed by atoms with van der Waals surface area (Å²) >= 11 is 0. The molecule has 0 atom stereocenters. The van der Waals surface area contributed by atoms with E-state index in [-0.39, 0.29) is 5.91 Å². The van der Waals surface area contributed by atoms with Crippen LogP contribution < -0.4 is 5.32 Å². The number of carbonyl (C=O) groups is 1. The van der Waals surface area contributed by atoms with Crippen molar-refractivity contribution in [3.05, 3.63) is 71.7 Å². The fourth-order valence-corrected chi connectivity index (χ4v) is 4.37. The summed E-state index contributed by atoms with van der Waals surface area (Å²) in [7, 11) is 0. The summed E-state index contributed by atoms with van der Waals surface area (Å²) in [5, 5.41) is 8.41. The summed E-state index contributed by atoms with van der Waals surface area (Å²) in [6.07, 6.45) is 2.85. The van der Waals surface area contributed by atoms with Gasteiger partial charge in [0.1, 0.15) is 0 Å². The molecule has 2 aromatic heterocycles. The van der Waals surface area contributed by atoms with Crippen molar-refractivity contribution in [3.8, 4) is 11.4 Å². The normalized spacial score (nSPS) is 15.1. The zero-order chi connectivity index (χ0) is 23.3. The van der Waals surface area contributed by atoms with Gasteiger partial charge in [-0.15, -0.1) is 0 Å². The van der Waals surface area contributed by atoms with Gasteiger partial charge in [-0.3, -0.25) is 14.6 Å². The zero-order valence-electron chi connectivity index (χ0n) is 19.5. The Morgan fingerprint density at radius 2 is 1.82 bits per heavy atom. The second-order valence-electron chi connectivity index (χ2n) is 8.89. The topological polar surface area (TPSA) is 90.3 Å². The van der Waals surface area contributed by atoms with Gasteiger partial charge in [0, 0.05) is 55.4 Å². The predicted molar refractivity (Wildman–Crippen MR) is 131 cm³/mol. The van der Waals surface area contributed by atoms with Crippen LogP contribution in [0.2, 0.25) is 0 Å². The van der Waals surface area contributed by atoms with Crippen molar-refractivity contribution < 1.29 is 9.32 Å². The van der Waals surface area contributed by atoms with Crippen LogP contribution in [0.5, 0.6) is 0 Å². The molecule has 0 radical (unpaired) electrons. The Morgan fingerprint density at radius 1 is 1.06 bits per heavy atom. The highest BCUT2D eigenvalue weighted by Crippen LogP contribution is 2.18. The van der Waals surface area contributed by atoms with Gasteiger partial charge in [-0.2, -0.15) is 4.98 Å². The minimum absolute atomic E-state index is 0.0768. The first-order valence-electron chi connectivity index (χ1n) is 11.8. The Labute approximate surface area is 198 Å². The largest absolute Gasteiger partial charge is 0.361 e. The lowest BCUT2D eigenvalue weighted by molar-refractivity contribution is -0.122. The van der Waals surface area contributed by atoms with E-state index in [4.69, 9.17) is 4.52 Å². The lowest BCUT2D eigenvalue weighted by atomic mass is 10.1. The number of nitrogens with one attached hydrogen (secondary N) is 2. The van der Waals surface area contributed by atoms with Gasteiger partial charge < -0.3 is 14.8 Å². The molecule has 4 aromatic rings. The van der Waals surface area contributed by atoms with Crippen LogP contribution in [0.1, 0.15) is 17.0 Å². The van der Waals surface area contributed by atoms with Crippen molar-refractivity contribution >= 4 is 16.8 Å². The number of hydrogen-bond donors (Lipinski definition) is 2. The fraction of sp³-hybridized carbons (Fsp3) is 0.346. The third-order valence-corrected chi connectivity index (χ3v) is 6.36. The Hall–Kier alpha value is -3.49. The van der Waals surface area contributed by atoms with Gasteiger partial charge in [0.25, 0.3) is 0 Å². The van der Waals surface area contributed by atoms with Crippen molar-refractivity contribution in [2.45, 2.75) is 19.9 Å². The van der Waals surface area contributed by atoms with Crippen LogP contribution in [-0.4, -0.2) is 70.1 Å². The first-order valence-corrected chi connectivity index (χ1v) is 11.8. The van der Waals surface area contributed by atoms with E-state index < -0.39 is 0 Å². The van der Waals surface area contributed by atoms with Crippen LogP contribution >= 0.6 is 0 Å². The third kappa shape index (κ3) is 5.35. The number of para-hydroxylation sites is 1. The molecular weight excluding hydrogens is 428 g/mol. The first-order chi connectivity index (χ1) is 16.6. The minimum Gasteiger partial charge on any atom is -0.361 e. The monoisotopic (exact) mass is 458 g/mol. The molecule has 1 fully saturated rings. The number of aryl methyl sites for hydroxylation is 1. The number of aromatic nitrogens is 3. The molecule has 176 valence electrons. The quantitative estimate of drug-likeness (QED) is 0.422. The highest BCUT2D eigenvalue weighted by atomic mass is 16.5. The summed E-state index contributed by atoms with van der Waals surface area (Å²) in [5.74, 6) is 1.32. The number of benzene rings is 2. The molecule has 1 aliphatic heterocycles. The third-order valence-electron chi connectivity index (χ3n) is 6.36. The molecule has 1 aliphatic rings. The number of piperazine rings is 1. The molecule has 34 heavy (non-hydrogen) atoms. The van der Waals surface area contributed by atoms with Crippen LogP contribution in [0.25, 0.3) is 22.3 Å². The highest BCUT2D eigenvalue weighted by Gasteiger charge is 2.21. The smallest absolute Gasteiger partial charge is 0.241 e. The molecule has 1 saturated heterocycles. The molecule has 0 saturated carbocycles. The molecule has 2 aromatic carbocycles. The molecule has 2 N–H and O–H groups in total. The maximum absolute atomic E-state index is 12.4. The second-order valence-corrected chi connectivity index (χ2v) is 8.89. The van der Waals surface area contributed by atoms with E-state index in [0.717, 1.165) is 43.7 Å². The van der Waals surface area contributed by atoms with Crippen molar-refractivity contribution in [2.24, 2.45) is 0 Å². The van der Waals surface area contributed by atoms with Crippen molar-refractivity contribution in [2.75, 3.05) is 39.3 Å². The fourth-order valence-electron chi connectivity index (χ4n) is 4.37. The van der Waals surface area contributed by atoms with E-state index in [1.807, 2.05) is 42.6 Å². The molecule has 0 spiro atoms. The molecule has 1 amide bonds. The lowest BCUT2D eigenvalue weighted by Crippen LogP contribution is -2.49. The number of fused-ring (bicyclic) bond motifs is 1. The van der Waals surface area contributed by atoms with E-state index in [9.17, 15) is 4.79 Å². The summed E-state index contributed by atoms with van der Waals surface area (Å²) in [5.41, 5.74) is 4.53. The van der Waals surface area contributed by atoms with E-state index in [1.54, 1.807) is 0 Å². The average molecular weight is 459 g/mol. The second kappa shape index (κ2) is 10.2. The summed E-state index contributed by atoms with van der Waals surface area (Å²) < 4.78 is 5.46. The molecule has 5 rings (SSSR count). The number of rotatable bonds is 8. The number of amides is 1. The SMILES string of the molecule is Cc1ccc(-c2noc(CN3CCN(CC(=O)NCCc4c[nH]c5ccccc45)CC3)n2)cc1. The average Bonchev–Trinajstić information content (AvgIpc) is 3.48. The molecule has 0 unspecified atom stereocenters. The van der Waals surface area contributed by atoms with Crippen LogP contribution in [-0.2, 0) is 17.8 Å². The Balaban J connectivity index is 1.03. The Morgan fingerprint density at radius 3 is 2.65 bits per heavy atom. The molecule has 0 aliphatic carbocycles. The number of aromatic amines is 1. The predicted octanol–water partition coefficient (Wildman–Crippen LogP) is 3.00. The van der Waals surface area contributed by atoms with Gasteiger partial charge in [0.05, 0.1) is 13.1 Å². The van der Waals surface area contributed by atoms with Gasteiger partial charge in [0.2, 0.25) is 17.6 Å². The number of hydrogen-bond acceptors (Lipinski definition) is 6. The molecule has 8 heteroatoms. The Kier molecular flexibility index (Phi) is 6.69. The maximum Gasteiger partial charge on any atom is 0.241 e. The Bertz CT molecular complexity index is 1240. The van der Waals surface area contributed by atoms with Crippen molar-refractivity contribution in [3.63, 3.8) is 0 Å². The molecule has 0 bridgehead atoms. The van der Waals surface area contributed by atoms with E-state index >= 15 is 0 Å². The van der Waals surface area contributed by atoms with Crippen LogP contribution in [0.4, 0.5) is 0 Å². The summed E-state index contributed by atoms with van der Waals surface area (Å²) in [4.78, 5) is 24.7. The number of nitrogens with zero attached hydrogens (tertiary/aromatic N) is 4. The highest BCUT2D eigenvalue weighted by molar-refractivity contribution is 5.83. The minimum atomic E-state index is 0.0768. The van der Waals surface area contributed by atoms with Gasteiger partial charge in [0.15, 0.2) is 0 Å². The van der Waals surface area contributed by atoms with Crippen LogP contribution in [0.3, 0.4) is 0 Å². The summed E-state index contributed by atoms with van der Waals surface area (Å²) in [6, 6.07) is 16.3. The van der Waals surface area contributed by atoms with Gasteiger partial charge in [-0.05, 0) is 25.0 Å². The maximum atomic E-state index is 12.4. The van der Waals surface area contributed by atoms with Gasteiger partial charge in [-0.25, -0.2) is 0 Å². The summed E-state index contributed by atoms with van der Waals surface area (Å²) in [6.45, 7) is 7.17. The van der Waals surface area contributed by atoms with E-state index in [1.165, 1.54) is 16.5 Å². The lowest BCUT2D eigenvalue weighted by Gasteiger charge is -2.33. The molecule has 8 nitrogen and oxygen atoms in total. The van der Waals surface area contributed by atoms with Crippen LogP contribution in [0, 0.1) is 6.92 Å². The van der Waals surface area contributed by atoms with Crippen molar-refractivity contribution in [1.82, 2.24) is 30.2 Å². The van der Waals surface area contributed by atoms with Crippen molar-refractivity contribution in [1.29, 1.82) is 0 Å². The van der Waals surface area contributed by atoms with E-state index in [2.05, 4.69) is 49.3 Å². The molecular formula is C26H30N6O2. The zero-order valence-corrected chi connectivity index (χ0v) is 19.5. The van der Waals surface area contributed by atoms with Crippen LogP contribution in [0.15, 0.2) is 59.3 Å². The van der Waals surface area contributed by atoms with E-state index in [0.29, 0.717) is 31.3 Å². The standard InChI is InChI=1S/C26H30N6O2/c1-19-6-8-20(9-7-19)26-29-25(34-30-26)18-32-14-12-31(13-15-32)17-24(33)27-11-10-21-16-28-23-5-3-2-4-22(21)23/h2-9,16,28H,10-15,17-18H2,1H3,(H,27,33). The van der Waals surface area contributed by atoms with Gasteiger partial charge >= 0.3 is 0 Å². The van der Waals surface area contributed by atoms with Gasteiger partial charge in [-0.1, -0.05) is 53.2 Å².